The minimum absolute atomic E-state index is 0.166. The average Bonchev–Trinajstić information content (AvgIpc) is 3.24. The van der Waals surface area contributed by atoms with Gasteiger partial charge in [0, 0.05) is 19.3 Å². The quantitative estimate of drug-likeness (QED) is 0.0948. The summed E-state index contributed by atoms with van der Waals surface area (Å²) < 4.78 is 21.9. The summed E-state index contributed by atoms with van der Waals surface area (Å²) in [4.78, 5) is 62.9. The number of carbonyl (C=O) groups excluding carboxylic acids is 2. The topological polar surface area (TPSA) is 244 Å². The molecule has 2 aliphatic heterocycles. The molecule has 2 bridgehead atoms. The SMILES string of the molecule is C=C(CC[C@@]12O[C@H](C(=O)O)[C@@](O)(C(=O)O)[C@@](C(=O)O)(O1)[C@H](OC(=O)CC(O)CCC(C)CC)[C@H]2O)[C@@H](OC(C)=O)[C@H](C)Cc1ccccc1. The van der Waals surface area contributed by atoms with Gasteiger partial charge in [0.05, 0.1) is 12.5 Å². The molecule has 15 nitrogen and oxygen atoms in total. The molecule has 6 N–H and O–H groups in total. The van der Waals surface area contributed by atoms with Crippen LogP contribution in [0.25, 0.3) is 0 Å². The highest BCUT2D eigenvalue weighted by Gasteiger charge is 2.85. The smallest absolute Gasteiger partial charge is 0.344 e. The Morgan fingerprint density at radius 3 is 2.18 bits per heavy atom. The van der Waals surface area contributed by atoms with Crippen molar-refractivity contribution in [1.29, 1.82) is 0 Å². The number of hydrogen-bond donors (Lipinski definition) is 6. The van der Waals surface area contributed by atoms with Gasteiger partial charge in [0.25, 0.3) is 0 Å². The third-order valence-corrected chi connectivity index (χ3v) is 9.36. The average molecular weight is 695 g/mol. The highest BCUT2D eigenvalue weighted by molar-refractivity contribution is 5.98. The van der Waals surface area contributed by atoms with Crippen LogP contribution in [0.1, 0.15) is 71.8 Å². The van der Waals surface area contributed by atoms with Gasteiger partial charge in [0.2, 0.25) is 23.1 Å². The van der Waals surface area contributed by atoms with Gasteiger partial charge in [-0.15, -0.1) is 0 Å². The Bertz CT molecular complexity index is 1400. The van der Waals surface area contributed by atoms with Gasteiger partial charge in [-0.05, 0) is 42.7 Å². The van der Waals surface area contributed by atoms with Gasteiger partial charge in [0.15, 0.2) is 6.10 Å². The summed E-state index contributed by atoms with van der Waals surface area (Å²) in [6, 6.07) is 9.24. The molecule has 2 unspecified atom stereocenters. The minimum atomic E-state index is -3.94. The van der Waals surface area contributed by atoms with Crippen LogP contribution >= 0.6 is 0 Å². The maximum Gasteiger partial charge on any atom is 0.344 e. The molecule has 0 radical (unpaired) electrons. The Balaban J connectivity index is 1.99. The van der Waals surface area contributed by atoms with Gasteiger partial charge in [-0.3, -0.25) is 9.59 Å². The molecular formula is C34H46O15. The molecule has 2 aliphatic rings. The summed E-state index contributed by atoms with van der Waals surface area (Å²) in [6.45, 7) is 10.9. The van der Waals surface area contributed by atoms with E-state index in [1.54, 1.807) is 6.92 Å². The molecule has 0 aliphatic carbocycles. The normalized spacial score (nSPS) is 30.0. The lowest BCUT2D eigenvalue weighted by Crippen LogP contribution is -2.78. The Hall–Kier alpha value is -3.89. The van der Waals surface area contributed by atoms with Crippen LogP contribution in [-0.4, -0.2) is 108 Å². The van der Waals surface area contributed by atoms with Crippen molar-refractivity contribution in [3.63, 3.8) is 0 Å². The summed E-state index contributed by atoms with van der Waals surface area (Å²) in [7, 11) is 0. The van der Waals surface area contributed by atoms with Crippen molar-refractivity contribution in [2.24, 2.45) is 11.8 Å². The molecular weight excluding hydrogens is 648 g/mol. The molecule has 272 valence electrons. The van der Waals surface area contributed by atoms with E-state index in [1.165, 1.54) is 6.92 Å². The molecule has 0 saturated carbocycles. The first kappa shape index (κ1) is 39.5. The van der Waals surface area contributed by atoms with E-state index in [1.807, 2.05) is 44.2 Å². The fourth-order valence-corrected chi connectivity index (χ4v) is 6.46. The van der Waals surface area contributed by atoms with E-state index in [4.69, 9.17) is 18.9 Å². The van der Waals surface area contributed by atoms with Gasteiger partial charge in [-0.25, -0.2) is 14.4 Å². The fourth-order valence-electron chi connectivity index (χ4n) is 6.46. The maximum absolute atomic E-state index is 13.0. The second-order valence-electron chi connectivity index (χ2n) is 13.0. The van der Waals surface area contributed by atoms with Crippen molar-refractivity contribution < 1.29 is 73.6 Å². The Kier molecular flexibility index (Phi) is 12.7. The van der Waals surface area contributed by atoms with E-state index < -0.39 is 90.2 Å². The molecule has 0 spiro atoms. The standard InChI is InChI=1S/C34H46O15/c1-6-18(2)12-13-23(36)17-24(37)47-27-26(38)32(48-28(29(39)40)33(45,30(41)42)34(27,49-32)31(43)44)15-14-19(3)25(46-21(5)35)20(4)16-22-10-8-7-9-11-22/h7-11,18,20,23,25-28,36,38,45H,3,6,12-17H2,1-2,4-5H3,(H,39,40)(H,41,42)(H,43,44)/t18?,20-,23?,25-,26-,27-,28-,32-,33-,34-/m1/s1. The Morgan fingerprint density at radius 2 is 1.65 bits per heavy atom. The molecule has 49 heavy (non-hydrogen) atoms. The van der Waals surface area contributed by atoms with Crippen molar-refractivity contribution in [3.05, 3.63) is 48.0 Å². The van der Waals surface area contributed by atoms with E-state index in [2.05, 4.69) is 6.58 Å². The van der Waals surface area contributed by atoms with E-state index >= 15 is 0 Å². The van der Waals surface area contributed by atoms with Crippen LogP contribution in [0.5, 0.6) is 0 Å². The van der Waals surface area contributed by atoms with Crippen molar-refractivity contribution in [1.82, 2.24) is 0 Å². The van der Waals surface area contributed by atoms with E-state index in [0.717, 1.165) is 12.0 Å². The molecule has 2 heterocycles. The van der Waals surface area contributed by atoms with Crippen LogP contribution in [0.15, 0.2) is 42.5 Å². The van der Waals surface area contributed by atoms with E-state index in [9.17, 15) is 54.6 Å². The number of hydrogen-bond acceptors (Lipinski definition) is 12. The zero-order valence-corrected chi connectivity index (χ0v) is 27.9. The third-order valence-electron chi connectivity index (χ3n) is 9.36. The molecule has 0 amide bonds. The van der Waals surface area contributed by atoms with Crippen LogP contribution in [0.3, 0.4) is 0 Å². The van der Waals surface area contributed by atoms with Gasteiger partial charge >= 0.3 is 29.8 Å². The molecule has 15 heteroatoms. The van der Waals surface area contributed by atoms with E-state index in [-0.39, 0.29) is 30.3 Å². The van der Waals surface area contributed by atoms with Crippen LogP contribution in [-0.2, 0) is 49.3 Å². The predicted octanol–water partition coefficient (Wildman–Crippen LogP) is 1.83. The molecule has 1 aromatic carbocycles. The largest absolute Gasteiger partial charge is 0.479 e. The number of rotatable bonds is 18. The van der Waals surface area contributed by atoms with Crippen LogP contribution < -0.4 is 0 Å². The van der Waals surface area contributed by atoms with Crippen LogP contribution in [0.2, 0.25) is 0 Å². The first-order chi connectivity index (χ1) is 22.9. The first-order valence-electron chi connectivity index (χ1n) is 16.1. The van der Waals surface area contributed by atoms with Crippen LogP contribution in [0, 0.1) is 11.8 Å². The molecule has 2 saturated heterocycles. The molecule has 2 fully saturated rings. The maximum atomic E-state index is 13.0. The third kappa shape index (κ3) is 7.96. The van der Waals surface area contributed by atoms with Gasteiger partial charge < -0.3 is 49.6 Å². The number of ether oxygens (including phenoxy) is 4. The van der Waals surface area contributed by atoms with Gasteiger partial charge in [0.1, 0.15) is 12.2 Å². The lowest BCUT2D eigenvalue weighted by molar-refractivity contribution is -0.374. The van der Waals surface area contributed by atoms with Gasteiger partial charge in [-0.2, -0.15) is 0 Å². The van der Waals surface area contributed by atoms with Crippen molar-refractivity contribution in [3.8, 4) is 0 Å². The number of aliphatic hydroxyl groups excluding tert-OH is 2. The second-order valence-corrected chi connectivity index (χ2v) is 13.0. The Labute approximate surface area is 283 Å². The number of carbonyl (C=O) groups is 5. The summed E-state index contributed by atoms with van der Waals surface area (Å²) in [5, 5.41) is 63.8. The first-order valence-corrected chi connectivity index (χ1v) is 16.1. The number of carboxylic acids is 3. The van der Waals surface area contributed by atoms with Crippen molar-refractivity contribution in [2.45, 2.75) is 120 Å². The second kappa shape index (κ2) is 15.8. The Morgan fingerprint density at radius 1 is 1.02 bits per heavy atom. The molecule has 3 rings (SSSR count). The number of esters is 2. The summed E-state index contributed by atoms with van der Waals surface area (Å²) >= 11 is 0. The number of carboxylic acid groups (broad SMARTS) is 3. The number of benzene rings is 1. The zero-order chi connectivity index (χ0) is 36.9. The monoisotopic (exact) mass is 694 g/mol. The summed E-state index contributed by atoms with van der Waals surface area (Å²) in [5.41, 5.74) is -6.40. The van der Waals surface area contributed by atoms with Crippen molar-refractivity contribution >= 4 is 29.8 Å². The van der Waals surface area contributed by atoms with E-state index in [0.29, 0.717) is 12.8 Å². The lowest BCUT2D eigenvalue weighted by Gasteiger charge is -2.48. The highest BCUT2D eigenvalue weighted by Crippen LogP contribution is 2.56. The minimum Gasteiger partial charge on any atom is -0.479 e. The summed E-state index contributed by atoms with van der Waals surface area (Å²) in [6.07, 6.45) is -9.55. The van der Waals surface area contributed by atoms with Crippen molar-refractivity contribution in [2.75, 3.05) is 0 Å². The zero-order valence-electron chi connectivity index (χ0n) is 27.9. The fraction of sp³-hybridized carbons (Fsp3) is 0.618. The van der Waals surface area contributed by atoms with Gasteiger partial charge in [-0.1, -0.05) is 64.1 Å². The lowest BCUT2D eigenvalue weighted by atomic mass is 9.74. The molecule has 1 aromatic rings. The molecule has 0 aromatic heterocycles. The number of aliphatic carboxylic acids is 3. The number of aliphatic hydroxyl groups is 3. The predicted molar refractivity (Wildman–Crippen MR) is 168 cm³/mol. The van der Waals surface area contributed by atoms with Crippen LogP contribution in [0.4, 0.5) is 0 Å². The number of fused-ring (bicyclic) bond motifs is 2. The summed E-state index contributed by atoms with van der Waals surface area (Å²) in [5.74, 6) is -11.5. The highest BCUT2D eigenvalue weighted by atomic mass is 16.8. The molecule has 10 atom stereocenters.